The van der Waals surface area contributed by atoms with Gasteiger partial charge in [-0.2, -0.15) is 0 Å². The number of carbonyl (C=O) groups excluding carboxylic acids is 1. The molecule has 17 heavy (non-hydrogen) atoms. The molecule has 0 atom stereocenters. The van der Waals surface area contributed by atoms with Crippen LogP contribution in [0.25, 0.3) is 0 Å². The van der Waals surface area contributed by atoms with Crippen LogP contribution in [0.5, 0.6) is 5.75 Å². The molecular weight excluding hydrogens is 236 g/mol. The molecule has 0 heterocycles. The Labute approximate surface area is 105 Å². The van der Waals surface area contributed by atoms with Gasteiger partial charge in [-0.15, -0.1) is 0 Å². The largest absolute Gasteiger partial charge is 0.421 e. The summed E-state index contributed by atoms with van der Waals surface area (Å²) in [6.45, 7) is 1.96. The molecule has 0 spiro atoms. The van der Waals surface area contributed by atoms with Crippen LogP contribution in [0, 0.1) is 6.92 Å². The van der Waals surface area contributed by atoms with Crippen molar-refractivity contribution in [1.29, 1.82) is 0 Å². The van der Waals surface area contributed by atoms with Crippen molar-refractivity contribution in [3.05, 3.63) is 64.7 Å². The minimum Gasteiger partial charge on any atom is -0.421 e. The Morgan fingerprint density at radius 3 is 2.35 bits per heavy atom. The van der Waals surface area contributed by atoms with Crippen molar-refractivity contribution < 1.29 is 9.53 Å². The number of hydrogen-bond acceptors (Lipinski definition) is 2. The van der Waals surface area contributed by atoms with E-state index in [1.54, 1.807) is 36.4 Å². The standard InChI is InChI=1S/C14H11ClO2/c1-10-6-8-11(9-7-10)14(16)17-13-5-3-2-4-12(13)15/h2-9H,1H3. The van der Waals surface area contributed by atoms with E-state index in [-0.39, 0.29) is 0 Å². The van der Waals surface area contributed by atoms with Crippen LogP contribution >= 0.6 is 11.6 Å². The highest BCUT2D eigenvalue weighted by atomic mass is 35.5. The molecule has 2 rings (SSSR count). The smallest absolute Gasteiger partial charge is 0.343 e. The quantitative estimate of drug-likeness (QED) is 0.594. The highest BCUT2D eigenvalue weighted by Crippen LogP contribution is 2.24. The van der Waals surface area contributed by atoms with Crippen molar-refractivity contribution in [2.24, 2.45) is 0 Å². The van der Waals surface area contributed by atoms with Crippen molar-refractivity contribution >= 4 is 17.6 Å². The van der Waals surface area contributed by atoms with E-state index in [4.69, 9.17) is 16.3 Å². The van der Waals surface area contributed by atoms with E-state index in [2.05, 4.69) is 0 Å². The number of benzene rings is 2. The molecule has 0 aliphatic rings. The minimum absolute atomic E-state index is 0.375. The van der Waals surface area contributed by atoms with Gasteiger partial charge in [-0.05, 0) is 31.2 Å². The van der Waals surface area contributed by atoms with Crippen LogP contribution in [0.3, 0.4) is 0 Å². The van der Waals surface area contributed by atoms with Gasteiger partial charge in [0.05, 0.1) is 10.6 Å². The third kappa shape index (κ3) is 2.86. The summed E-state index contributed by atoms with van der Waals surface area (Å²) < 4.78 is 5.20. The molecule has 0 saturated carbocycles. The molecule has 0 fully saturated rings. The molecule has 0 saturated heterocycles. The lowest BCUT2D eigenvalue weighted by Crippen LogP contribution is -2.08. The lowest BCUT2D eigenvalue weighted by atomic mass is 10.1. The SMILES string of the molecule is Cc1ccc(C(=O)Oc2ccccc2Cl)cc1. The Hall–Kier alpha value is -1.80. The maximum absolute atomic E-state index is 11.8. The van der Waals surface area contributed by atoms with Crippen LogP contribution in [-0.4, -0.2) is 5.97 Å². The van der Waals surface area contributed by atoms with Gasteiger partial charge in [0, 0.05) is 0 Å². The number of ether oxygens (including phenoxy) is 1. The van der Waals surface area contributed by atoms with Crippen molar-refractivity contribution in [2.75, 3.05) is 0 Å². The number of para-hydroxylation sites is 1. The molecule has 0 unspecified atom stereocenters. The Morgan fingerprint density at radius 2 is 1.71 bits per heavy atom. The summed E-state index contributed by atoms with van der Waals surface area (Å²) in [6, 6.07) is 14.1. The third-order valence-electron chi connectivity index (χ3n) is 2.33. The monoisotopic (exact) mass is 246 g/mol. The van der Waals surface area contributed by atoms with E-state index in [9.17, 15) is 4.79 Å². The summed E-state index contributed by atoms with van der Waals surface area (Å²) in [5.74, 6) is -0.0298. The molecule has 2 nitrogen and oxygen atoms in total. The zero-order valence-corrected chi connectivity index (χ0v) is 10.1. The zero-order valence-electron chi connectivity index (χ0n) is 9.31. The summed E-state index contributed by atoms with van der Waals surface area (Å²) >= 11 is 5.90. The van der Waals surface area contributed by atoms with E-state index < -0.39 is 5.97 Å². The first-order valence-corrected chi connectivity index (χ1v) is 5.58. The number of hydrogen-bond donors (Lipinski definition) is 0. The molecule has 0 aromatic heterocycles. The van der Waals surface area contributed by atoms with E-state index >= 15 is 0 Å². The summed E-state index contributed by atoms with van der Waals surface area (Å²) in [5.41, 5.74) is 1.61. The van der Waals surface area contributed by atoms with E-state index in [1.807, 2.05) is 19.1 Å². The van der Waals surface area contributed by atoms with E-state index in [1.165, 1.54) is 0 Å². The van der Waals surface area contributed by atoms with Gasteiger partial charge in [-0.25, -0.2) is 4.79 Å². The predicted octanol–water partition coefficient (Wildman–Crippen LogP) is 3.87. The van der Waals surface area contributed by atoms with Gasteiger partial charge < -0.3 is 4.74 Å². The number of carbonyl (C=O) groups is 1. The molecular formula is C14H11ClO2. The fourth-order valence-electron chi connectivity index (χ4n) is 1.38. The second kappa shape index (κ2) is 5.02. The molecule has 0 aliphatic carbocycles. The molecule has 0 amide bonds. The Bertz CT molecular complexity index is 532. The lowest BCUT2D eigenvalue weighted by Gasteiger charge is -2.05. The van der Waals surface area contributed by atoms with Crippen LogP contribution in [0.1, 0.15) is 15.9 Å². The molecule has 0 aliphatic heterocycles. The second-order valence-corrected chi connectivity index (χ2v) is 4.09. The lowest BCUT2D eigenvalue weighted by molar-refractivity contribution is 0.0735. The van der Waals surface area contributed by atoms with Crippen LogP contribution in [-0.2, 0) is 0 Å². The Morgan fingerprint density at radius 1 is 1.06 bits per heavy atom. The van der Waals surface area contributed by atoms with E-state index in [0.717, 1.165) is 5.56 Å². The molecule has 3 heteroatoms. The predicted molar refractivity (Wildman–Crippen MR) is 67.6 cm³/mol. The van der Waals surface area contributed by atoms with Crippen molar-refractivity contribution in [3.8, 4) is 5.75 Å². The van der Waals surface area contributed by atoms with E-state index in [0.29, 0.717) is 16.3 Å². The summed E-state index contributed by atoms with van der Waals surface area (Å²) in [6.07, 6.45) is 0. The minimum atomic E-state index is -0.405. The number of aryl methyl sites for hydroxylation is 1. The fourth-order valence-corrected chi connectivity index (χ4v) is 1.55. The normalized spacial score (nSPS) is 10.0. The van der Waals surface area contributed by atoms with Gasteiger partial charge in [0.25, 0.3) is 0 Å². The topological polar surface area (TPSA) is 26.3 Å². The molecule has 2 aromatic carbocycles. The van der Waals surface area contributed by atoms with Gasteiger partial charge in [0.2, 0.25) is 0 Å². The average Bonchev–Trinajstić information content (AvgIpc) is 2.33. The van der Waals surface area contributed by atoms with Gasteiger partial charge in [-0.1, -0.05) is 41.4 Å². The number of halogens is 1. The Balaban J connectivity index is 2.17. The molecule has 0 N–H and O–H groups in total. The van der Waals surface area contributed by atoms with Crippen molar-refractivity contribution in [3.63, 3.8) is 0 Å². The molecule has 0 radical (unpaired) electrons. The fraction of sp³-hybridized carbons (Fsp3) is 0.0714. The summed E-state index contributed by atoms with van der Waals surface area (Å²) in [4.78, 5) is 11.8. The summed E-state index contributed by atoms with van der Waals surface area (Å²) in [7, 11) is 0. The summed E-state index contributed by atoms with van der Waals surface area (Å²) in [5, 5.41) is 0.424. The first-order chi connectivity index (χ1) is 8.16. The van der Waals surface area contributed by atoms with Crippen molar-refractivity contribution in [1.82, 2.24) is 0 Å². The van der Waals surface area contributed by atoms with Gasteiger partial charge in [-0.3, -0.25) is 0 Å². The molecule has 0 bridgehead atoms. The maximum Gasteiger partial charge on any atom is 0.343 e. The average molecular weight is 247 g/mol. The number of rotatable bonds is 2. The highest BCUT2D eigenvalue weighted by Gasteiger charge is 2.09. The maximum atomic E-state index is 11.8. The van der Waals surface area contributed by atoms with Crippen molar-refractivity contribution in [2.45, 2.75) is 6.92 Å². The Kier molecular flexibility index (Phi) is 3.45. The van der Waals surface area contributed by atoms with Crippen LogP contribution < -0.4 is 4.74 Å². The molecule has 86 valence electrons. The first kappa shape index (κ1) is 11.7. The van der Waals surface area contributed by atoms with Gasteiger partial charge in [0.15, 0.2) is 0 Å². The highest BCUT2D eigenvalue weighted by molar-refractivity contribution is 6.32. The zero-order chi connectivity index (χ0) is 12.3. The second-order valence-electron chi connectivity index (χ2n) is 3.69. The van der Waals surface area contributed by atoms with Crippen LogP contribution in [0.2, 0.25) is 5.02 Å². The van der Waals surface area contributed by atoms with Gasteiger partial charge in [0.1, 0.15) is 5.75 Å². The van der Waals surface area contributed by atoms with Crippen LogP contribution in [0.4, 0.5) is 0 Å². The molecule has 2 aromatic rings. The van der Waals surface area contributed by atoms with Crippen LogP contribution in [0.15, 0.2) is 48.5 Å². The van der Waals surface area contributed by atoms with Gasteiger partial charge >= 0.3 is 5.97 Å². The first-order valence-electron chi connectivity index (χ1n) is 5.20. The number of esters is 1. The third-order valence-corrected chi connectivity index (χ3v) is 2.64.